The van der Waals surface area contributed by atoms with Crippen LogP contribution in [0.3, 0.4) is 0 Å². The first-order chi connectivity index (χ1) is 19.2. The van der Waals surface area contributed by atoms with Crippen LogP contribution in [0.1, 0.15) is 25.5 Å². The van der Waals surface area contributed by atoms with Gasteiger partial charge >= 0.3 is 23.5 Å². The number of aliphatic hydroxyl groups is 3. The highest BCUT2D eigenvalue weighted by Gasteiger charge is 2.47. The second-order valence-electron chi connectivity index (χ2n) is 8.04. The number of hydrogen-bond donors (Lipinski definition) is 9. The number of aliphatic hydroxyl groups excluding tert-OH is 3. The van der Waals surface area contributed by atoms with Crippen LogP contribution >= 0.6 is 23.5 Å². The van der Waals surface area contributed by atoms with E-state index in [1.807, 2.05) is 0 Å². The Morgan fingerprint density at radius 2 is 1.78 bits per heavy atom. The number of imidazole rings is 1. The maximum atomic E-state index is 12.4. The maximum Gasteiger partial charge on any atom is 0.492 e. The Morgan fingerprint density at radius 3 is 2.37 bits per heavy atom. The average Bonchev–Trinajstić information content (AvgIpc) is 3.42. The van der Waals surface area contributed by atoms with E-state index in [0.717, 1.165) is 19.2 Å². The smallest absolute Gasteiger partial charge is 0.396 e. The van der Waals surface area contributed by atoms with Crippen LogP contribution in [0.15, 0.2) is 12.7 Å². The lowest BCUT2D eigenvalue weighted by Crippen LogP contribution is -2.33. The van der Waals surface area contributed by atoms with Crippen molar-refractivity contribution in [3.8, 4) is 0 Å². The van der Waals surface area contributed by atoms with Gasteiger partial charge in [-0.3, -0.25) is 13.6 Å². The maximum absolute atomic E-state index is 12.4. The van der Waals surface area contributed by atoms with Gasteiger partial charge < -0.3 is 51.6 Å². The third-order valence-electron chi connectivity index (χ3n) is 4.91. The first-order valence-electron chi connectivity index (χ1n) is 11.6. The van der Waals surface area contributed by atoms with E-state index < -0.39 is 67.8 Å². The third-order valence-corrected chi connectivity index (χ3v) is 9.16. The number of anilines is 1. The van der Waals surface area contributed by atoms with Crippen molar-refractivity contribution < 1.29 is 66.1 Å². The van der Waals surface area contributed by atoms with Crippen LogP contribution in [0, 0.1) is 5.41 Å². The molecule has 0 spiro atoms. The number of nitrogen functional groups attached to an aromatic ring is 1. The zero-order valence-corrected chi connectivity index (χ0v) is 23.9. The molecule has 1 saturated heterocycles. The lowest BCUT2D eigenvalue weighted by atomic mass is 10.1. The van der Waals surface area contributed by atoms with Crippen molar-refractivity contribution in [2.24, 2.45) is 5.73 Å². The van der Waals surface area contributed by atoms with Crippen molar-refractivity contribution in [3.63, 3.8) is 0 Å². The van der Waals surface area contributed by atoms with Crippen molar-refractivity contribution in [2.75, 3.05) is 32.1 Å². The zero-order chi connectivity index (χ0) is 30.8. The molecule has 6 atom stereocenters. The molecule has 24 heteroatoms. The van der Waals surface area contributed by atoms with Crippen molar-refractivity contribution in [3.05, 3.63) is 12.7 Å². The van der Waals surface area contributed by atoms with Crippen molar-refractivity contribution in [1.82, 2.24) is 19.5 Å². The molecule has 3 heterocycles. The monoisotopic (exact) mass is 651 g/mol. The Kier molecular flexibility index (Phi) is 13.5. The highest BCUT2D eigenvalue weighted by atomic mass is 31.3. The molecule has 2 aromatic rings. The van der Waals surface area contributed by atoms with E-state index in [9.17, 15) is 28.8 Å². The van der Waals surface area contributed by atoms with Gasteiger partial charge in [0.2, 0.25) is 0 Å². The summed E-state index contributed by atoms with van der Waals surface area (Å²) in [6.07, 6.45) is -0.691. The molecule has 1 fully saturated rings. The Labute approximate surface area is 232 Å². The summed E-state index contributed by atoms with van der Waals surface area (Å²) < 4.78 is 59.6. The van der Waals surface area contributed by atoms with Crippen LogP contribution in [0.5, 0.6) is 0 Å². The number of rotatable bonds is 15. The van der Waals surface area contributed by atoms with Gasteiger partial charge in [0.1, 0.15) is 30.2 Å². The van der Waals surface area contributed by atoms with E-state index in [1.165, 1.54) is 17.1 Å². The number of nitrogens with one attached hydrogen (secondary N) is 1. The summed E-state index contributed by atoms with van der Waals surface area (Å²) in [5.74, 6) is 0.0446. The second-order valence-corrected chi connectivity index (χ2v) is 12.7. The van der Waals surface area contributed by atoms with Crippen molar-refractivity contribution in [1.29, 1.82) is 5.41 Å². The largest absolute Gasteiger partial charge is 0.492 e. The Balaban J connectivity index is 0.000000883. The van der Waals surface area contributed by atoms with E-state index in [0.29, 0.717) is 6.54 Å². The molecule has 1 aliphatic rings. The summed E-state index contributed by atoms with van der Waals surface area (Å²) >= 11 is 0. The topological polar surface area (TPSA) is 338 Å². The fourth-order valence-corrected chi connectivity index (χ4v) is 6.82. The van der Waals surface area contributed by atoms with Gasteiger partial charge in [-0.1, -0.05) is 0 Å². The van der Waals surface area contributed by atoms with E-state index in [4.69, 9.17) is 36.5 Å². The number of ether oxygens (including phenoxy) is 1. The van der Waals surface area contributed by atoms with Crippen molar-refractivity contribution in [2.45, 2.75) is 43.8 Å². The van der Waals surface area contributed by atoms with Gasteiger partial charge in [0.25, 0.3) is 0 Å². The normalized spacial score (nSPS) is 23.9. The molecule has 0 radical (unpaired) electrons. The van der Waals surface area contributed by atoms with Crippen LogP contribution in [-0.4, -0.2) is 100 Å². The Hall–Kier alpha value is -1.77. The first-order valence-corrected chi connectivity index (χ1v) is 16.1. The quantitative estimate of drug-likeness (QED) is 0.0643. The first kappa shape index (κ1) is 35.4. The van der Waals surface area contributed by atoms with Crippen LogP contribution in [0.25, 0.3) is 11.2 Å². The number of phosphoric acid groups is 3. The fourth-order valence-electron chi connectivity index (χ4n) is 3.12. The second kappa shape index (κ2) is 15.6. The number of nitrogens with zero attached hydrogens (tertiary/aromatic N) is 4. The average molecular weight is 651 g/mol. The molecule has 11 N–H and O–H groups in total. The lowest BCUT2D eigenvalue weighted by Gasteiger charge is -2.21. The summed E-state index contributed by atoms with van der Waals surface area (Å²) in [6.45, 7) is -1.33. The SMILES string of the molecule is N=CCCCN.Nc1ncnc2c1ncn2[C@@H]1O[C@H](COP(=O)(O)OP(=O)(OCCCO)OP(=O)(O)O)[C@@H](O)[C@H]1O. The summed E-state index contributed by atoms with van der Waals surface area (Å²) in [7, 11) is -16.3. The molecule has 0 aromatic carbocycles. The number of unbranched alkanes of at least 4 members (excludes halogenated alkanes) is 1. The lowest BCUT2D eigenvalue weighted by molar-refractivity contribution is -0.0504. The summed E-state index contributed by atoms with van der Waals surface area (Å²) in [5.41, 5.74) is 11.2. The minimum atomic E-state index is -5.53. The predicted octanol–water partition coefficient (Wildman–Crippen LogP) is -0.847. The summed E-state index contributed by atoms with van der Waals surface area (Å²) in [6, 6.07) is 0. The summed E-state index contributed by atoms with van der Waals surface area (Å²) in [5, 5.41) is 35.9. The van der Waals surface area contributed by atoms with Crippen LogP contribution < -0.4 is 11.5 Å². The van der Waals surface area contributed by atoms with Gasteiger partial charge in [0.15, 0.2) is 17.7 Å². The van der Waals surface area contributed by atoms with Gasteiger partial charge in [0.05, 0.1) is 19.5 Å². The molecule has 234 valence electrons. The molecule has 21 nitrogen and oxygen atoms in total. The molecule has 3 rings (SSSR count). The van der Waals surface area contributed by atoms with Gasteiger partial charge in [-0.15, -0.1) is 0 Å². The van der Waals surface area contributed by atoms with Gasteiger partial charge in [-0.05, 0) is 32.0 Å². The van der Waals surface area contributed by atoms with Crippen molar-refractivity contribution >= 4 is 46.7 Å². The van der Waals surface area contributed by atoms with E-state index in [2.05, 4.69) is 32.6 Å². The predicted molar refractivity (Wildman–Crippen MR) is 138 cm³/mol. The standard InChI is InChI=1S/C13H22N5O14P3.C4H10N2/c14-11-8-12(16-5-15-11)18(6-17-8)13-10(21)9(20)7(30-13)4-29-34(25,26)32-35(27,28-3-1-2-19)31-33(22,23)24;5-3-1-2-4-6/h5-7,9-10,13,19-21H,1-4H2,(H,25,26)(H2,14,15,16)(H2,22,23,24);3,5H,1-2,4,6H2/t7-,9-,10-,13-,35?;/m1./s1. The van der Waals surface area contributed by atoms with Crippen LogP contribution in [-0.2, 0) is 36.1 Å². The molecule has 2 unspecified atom stereocenters. The molecular formula is C17H32N7O14P3. The number of aromatic nitrogens is 4. The Morgan fingerprint density at radius 1 is 1.07 bits per heavy atom. The van der Waals surface area contributed by atoms with Crippen LogP contribution in [0.4, 0.5) is 5.82 Å². The van der Waals surface area contributed by atoms with E-state index in [1.54, 1.807) is 0 Å². The molecular weight excluding hydrogens is 619 g/mol. The fraction of sp³-hybridized carbons (Fsp3) is 0.647. The molecule has 2 aromatic heterocycles. The molecule has 0 bridgehead atoms. The third kappa shape index (κ3) is 10.8. The van der Waals surface area contributed by atoms with Gasteiger partial charge in [-0.2, -0.15) is 8.62 Å². The molecule has 1 aliphatic heterocycles. The summed E-state index contributed by atoms with van der Waals surface area (Å²) in [4.78, 5) is 39.4. The number of phosphoric ester groups is 1. The number of fused-ring (bicyclic) bond motifs is 1. The minimum absolute atomic E-state index is 0.0446. The van der Waals surface area contributed by atoms with Gasteiger partial charge in [0, 0.05) is 6.61 Å². The molecule has 41 heavy (non-hydrogen) atoms. The zero-order valence-electron chi connectivity index (χ0n) is 21.2. The Bertz CT molecular complexity index is 1280. The number of hydrogen-bond acceptors (Lipinski definition) is 17. The molecule has 0 aliphatic carbocycles. The minimum Gasteiger partial charge on any atom is -0.396 e. The van der Waals surface area contributed by atoms with E-state index >= 15 is 0 Å². The highest BCUT2D eigenvalue weighted by molar-refractivity contribution is 7.67. The van der Waals surface area contributed by atoms with Crippen LogP contribution in [0.2, 0.25) is 0 Å². The van der Waals surface area contributed by atoms with Gasteiger partial charge in [-0.25, -0.2) is 28.6 Å². The van der Waals surface area contributed by atoms with E-state index in [-0.39, 0.29) is 23.4 Å². The highest BCUT2D eigenvalue weighted by Crippen LogP contribution is 2.69. The number of nitrogens with two attached hydrogens (primary N) is 2. The molecule has 0 amide bonds. The molecule has 0 saturated carbocycles.